The standard InChI is InChI=1S/C23H27N3O5S/c1-5-13(6-2)26-22(27)16-12-19(30-4)18(29-3)11-15(16)21(25-26)31-23(28)24-17-7-8-20-14(17)9-10-32-20/h9-13,17H,5-8H2,1-4H3,(H,24,28). The number of methoxy groups -OCH3 is 2. The third-order valence-corrected chi connectivity index (χ3v) is 6.97. The van der Waals surface area contributed by atoms with Crippen LogP contribution in [0.4, 0.5) is 4.79 Å². The van der Waals surface area contributed by atoms with Crippen LogP contribution >= 0.6 is 11.3 Å². The van der Waals surface area contributed by atoms with E-state index in [0.29, 0.717) is 22.3 Å². The van der Waals surface area contributed by atoms with Crippen LogP contribution in [0.15, 0.2) is 28.4 Å². The second-order valence-corrected chi connectivity index (χ2v) is 8.70. The average Bonchev–Trinajstić information content (AvgIpc) is 3.41. The van der Waals surface area contributed by atoms with Crippen LogP contribution in [-0.2, 0) is 6.42 Å². The highest BCUT2D eigenvalue weighted by Crippen LogP contribution is 2.36. The van der Waals surface area contributed by atoms with Crippen molar-refractivity contribution in [1.82, 2.24) is 15.1 Å². The molecule has 0 bridgehead atoms. The Morgan fingerprint density at radius 2 is 1.91 bits per heavy atom. The van der Waals surface area contributed by atoms with Crippen LogP contribution < -0.4 is 25.1 Å². The van der Waals surface area contributed by atoms with Crippen LogP contribution in [0.25, 0.3) is 10.8 Å². The van der Waals surface area contributed by atoms with Crippen molar-refractivity contribution in [2.24, 2.45) is 0 Å². The molecule has 0 saturated carbocycles. The van der Waals surface area contributed by atoms with Crippen LogP contribution in [0.5, 0.6) is 17.4 Å². The first-order valence-corrected chi connectivity index (χ1v) is 11.6. The van der Waals surface area contributed by atoms with E-state index in [0.717, 1.165) is 31.2 Å². The summed E-state index contributed by atoms with van der Waals surface area (Å²) in [6.07, 6.45) is 2.61. The Morgan fingerprint density at radius 3 is 2.56 bits per heavy atom. The summed E-state index contributed by atoms with van der Waals surface area (Å²) < 4.78 is 17.8. The molecule has 0 fully saturated rings. The van der Waals surface area contributed by atoms with Crippen LogP contribution in [-0.4, -0.2) is 30.1 Å². The number of thiophene rings is 1. The fourth-order valence-corrected chi connectivity index (χ4v) is 5.18. The zero-order chi connectivity index (χ0) is 22.8. The third kappa shape index (κ3) is 3.92. The van der Waals surface area contributed by atoms with E-state index in [1.165, 1.54) is 23.8 Å². The number of aryl methyl sites for hydroxylation is 1. The predicted octanol–water partition coefficient (Wildman–Crippen LogP) is 4.61. The number of hydrogen-bond acceptors (Lipinski definition) is 7. The van der Waals surface area contributed by atoms with Gasteiger partial charge in [-0.2, -0.15) is 0 Å². The Labute approximate surface area is 190 Å². The molecule has 1 aromatic carbocycles. The zero-order valence-corrected chi connectivity index (χ0v) is 19.5. The molecule has 1 unspecified atom stereocenters. The summed E-state index contributed by atoms with van der Waals surface area (Å²) in [7, 11) is 3.02. The molecule has 2 heterocycles. The second-order valence-electron chi connectivity index (χ2n) is 7.70. The first-order chi connectivity index (χ1) is 15.5. The first-order valence-electron chi connectivity index (χ1n) is 10.7. The fraction of sp³-hybridized carbons (Fsp3) is 0.435. The molecule has 8 nitrogen and oxygen atoms in total. The van der Waals surface area contributed by atoms with Crippen molar-refractivity contribution < 1.29 is 19.0 Å². The highest BCUT2D eigenvalue weighted by molar-refractivity contribution is 7.10. The van der Waals surface area contributed by atoms with E-state index in [2.05, 4.69) is 10.4 Å². The van der Waals surface area contributed by atoms with E-state index in [1.807, 2.05) is 25.3 Å². The van der Waals surface area contributed by atoms with Crippen LogP contribution in [0.1, 0.15) is 55.6 Å². The molecule has 0 radical (unpaired) electrons. The molecule has 32 heavy (non-hydrogen) atoms. The molecule has 0 aliphatic heterocycles. The lowest BCUT2D eigenvalue weighted by atomic mass is 10.1. The summed E-state index contributed by atoms with van der Waals surface area (Å²) in [5.41, 5.74) is 0.874. The number of carbonyl (C=O) groups is 1. The molecule has 0 saturated heterocycles. The molecule has 1 N–H and O–H groups in total. The molecule has 1 aliphatic rings. The van der Waals surface area contributed by atoms with Gasteiger partial charge in [0, 0.05) is 4.88 Å². The number of nitrogens with one attached hydrogen (secondary N) is 1. The van der Waals surface area contributed by atoms with Gasteiger partial charge >= 0.3 is 6.09 Å². The Balaban J connectivity index is 1.75. The van der Waals surface area contributed by atoms with Crippen molar-refractivity contribution in [2.45, 2.75) is 51.6 Å². The molecule has 170 valence electrons. The van der Waals surface area contributed by atoms with Crippen molar-refractivity contribution in [2.75, 3.05) is 14.2 Å². The van der Waals surface area contributed by atoms with Gasteiger partial charge < -0.3 is 19.5 Å². The first kappa shape index (κ1) is 22.1. The largest absolute Gasteiger partial charge is 0.493 e. The van der Waals surface area contributed by atoms with Gasteiger partial charge in [-0.05, 0) is 54.8 Å². The molecule has 4 rings (SSSR count). The number of hydrogen-bond donors (Lipinski definition) is 1. The maximum absolute atomic E-state index is 13.2. The van der Waals surface area contributed by atoms with E-state index in [4.69, 9.17) is 14.2 Å². The summed E-state index contributed by atoms with van der Waals surface area (Å²) in [5, 5.41) is 10.2. The van der Waals surface area contributed by atoms with Gasteiger partial charge in [-0.15, -0.1) is 16.4 Å². The summed E-state index contributed by atoms with van der Waals surface area (Å²) in [4.78, 5) is 27.3. The number of benzene rings is 1. The van der Waals surface area contributed by atoms with Crippen molar-refractivity contribution in [3.05, 3.63) is 44.4 Å². The number of rotatable bonds is 7. The lowest BCUT2D eigenvalue weighted by Gasteiger charge is -2.19. The number of aromatic nitrogens is 2. The van der Waals surface area contributed by atoms with E-state index in [-0.39, 0.29) is 23.5 Å². The summed E-state index contributed by atoms with van der Waals surface area (Å²) in [5.74, 6) is 0.907. The molecule has 2 aromatic heterocycles. The van der Waals surface area contributed by atoms with Crippen LogP contribution in [0, 0.1) is 0 Å². The van der Waals surface area contributed by atoms with Gasteiger partial charge in [-0.1, -0.05) is 13.8 Å². The van der Waals surface area contributed by atoms with Crippen molar-refractivity contribution in [3.8, 4) is 17.4 Å². The second kappa shape index (κ2) is 9.20. The number of fused-ring (bicyclic) bond motifs is 2. The maximum atomic E-state index is 13.2. The van der Waals surface area contributed by atoms with Gasteiger partial charge in [0.2, 0.25) is 5.88 Å². The van der Waals surface area contributed by atoms with E-state index in [9.17, 15) is 9.59 Å². The number of nitrogens with zero attached hydrogens (tertiary/aromatic N) is 2. The Bertz CT molecular complexity index is 1200. The molecular formula is C23H27N3O5S. The SMILES string of the molecule is CCC(CC)n1nc(OC(=O)NC2CCc3sccc32)c2cc(OC)c(OC)cc2c1=O. The van der Waals surface area contributed by atoms with E-state index >= 15 is 0 Å². The van der Waals surface area contributed by atoms with Gasteiger partial charge in [0.1, 0.15) is 0 Å². The summed E-state index contributed by atoms with van der Waals surface area (Å²) in [6, 6.07) is 5.06. The topological polar surface area (TPSA) is 91.7 Å². The average molecular weight is 458 g/mol. The minimum Gasteiger partial charge on any atom is -0.493 e. The highest BCUT2D eigenvalue weighted by atomic mass is 32.1. The smallest absolute Gasteiger partial charge is 0.414 e. The molecule has 1 aliphatic carbocycles. The van der Waals surface area contributed by atoms with Crippen LogP contribution in [0.2, 0.25) is 0 Å². The molecule has 0 spiro atoms. The zero-order valence-electron chi connectivity index (χ0n) is 18.6. The van der Waals surface area contributed by atoms with Gasteiger partial charge in [0.25, 0.3) is 5.56 Å². The summed E-state index contributed by atoms with van der Waals surface area (Å²) in [6.45, 7) is 3.99. The van der Waals surface area contributed by atoms with Gasteiger partial charge in [-0.3, -0.25) is 4.79 Å². The lowest BCUT2D eigenvalue weighted by Crippen LogP contribution is -2.32. The van der Waals surface area contributed by atoms with Crippen molar-refractivity contribution >= 4 is 28.2 Å². The summed E-state index contributed by atoms with van der Waals surface area (Å²) >= 11 is 1.70. The van der Waals surface area contributed by atoms with Crippen molar-refractivity contribution in [1.29, 1.82) is 0 Å². The van der Waals surface area contributed by atoms with Crippen LogP contribution in [0.3, 0.4) is 0 Å². The quantitative estimate of drug-likeness (QED) is 0.557. The molecule has 9 heteroatoms. The Kier molecular flexibility index (Phi) is 6.36. The number of carbonyl (C=O) groups excluding carboxylic acids is 1. The maximum Gasteiger partial charge on any atom is 0.414 e. The third-order valence-electron chi connectivity index (χ3n) is 5.98. The normalized spacial score (nSPS) is 15.1. The predicted molar refractivity (Wildman–Crippen MR) is 123 cm³/mol. The molecular weight excluding hydrogens is 430 g/mol. The van der Waals surface area contributed by atoms with E-state index < -0.39 is 6.09 Å². The van der Waals surface area contributed by atoms with Gasteiger partial charge in [0.15, 0.2) is 11.5 Å². The monoisotopic (exact) mass is 457 g/mol. The minimum absolute atomic E-state index is 0.0634. The molecule has 3 aromatic rings. The Morgan fingerprint density at radius 1 is 1.22 bits per heavy atom. The van der Waals surface area contributed by atoms with E-state index in [1.54, 1.807) is 23.5 Å². The van der Waals surface area contributed by atoms with Gasteiger partial charge in [-0.25, -0.2) is 9.48 Å². The molecule has 1 atom stereocenters. The number of amides is 1. The molecule has 1 amide bonds. The highest BCUT2D eigenvalue weighted by Gasteiger charge is 2.27. The van der Waals surface area contributed by atoms with Gasteiger partial charge in [0.05, 0.1) is 37.1 Å². The van der Waals surface area contributed by atoms with Crippen molar-refractivity contribution in [3.63, 3.8) is 0 Å². The minimum atomic E-state index is -0.604. The lowest BCUT2D eigenvalue weighted by molar-refractivity contribution is 0.193. The Hall–Kier alpha value is -3.07. The number of ether oxygens (including phenoxy) is 3. The fourth-order valence-electron chi connectivity index (χ4n) is 4.22.